The highest BCUT2D eigenvalue weighted by Gasteiger charge is 2.29. The SMILES string of the molecule is CCCC(=O)c1ccc2c(c1CC)OCC(CC)N2CCC. The average molecular weight is 303 g/mol. The first kappa shape index (κ1) is 16.9. The fourth-order valence-corrected chi connectivity index (χ4v) is 3.33. The number of carbonyl (C=O) groups excluding carboxylic acids is 1. The van der Waals surface area contributed by atoms with Crippen molar-refractivity contribution in [2.24, 2.45) is 0 Å². The molecule has 1 atom stereocenters. The van der Waals surface area contributed by atoms with E-state index in [1.165, 1.54) is 5.69 Å². The fourth-order valence-electron chi connectivity index (χ4n) is 3.33. The standard InChI is InChI=1S/C19H29NO2/c1-5-9-18(21)16-10-11-17-19(15(16)8-4)22-13-14(7-3)20(17)12-6-2/h10-11,14H,5-9,12-13H2,1-4H3. The lowest BCUT2D eigenvalue weighted by molar-refractivity contribution is 0.0980. The van der Waals surface area contributed by atoms with Crippen LogP contribution in [0.15, 0.2) is 12.1 Å². The molecular weight excluding hydrogens is 274 g/mol. The highest BCUT2D eigenvalue weighted by Crippen LogP contribution is 2.40. The van der Waals surface area contributed by atoms with Gasteiger partial charge in [-0.2, -0.15) is 0 Å². The van der Waals surface area contributed by atoms with Crippen LogP contribution in [0.25, 0.3) is 0 Å². The second kappa shape index (κ2) is 7.66. The van der Waals surface area contributed by atoms with Gasteiger partial charge in [0.2, 0.25) is 0 Å². The molecule has 0 amide bonds. The lowest BCUT2D eigenvalue weighted by Gasteiger charge is -2.39. The molecule has 1 aromatic carbocycles. The number of benzene rings is 1. The number of carbonyl (C=O) groups is 1. The zero-order valence-electron chi connectivity index (χ0n) is 14.4. The van der Waals surface area contributed by atoms with Gasteiger partial charge in [-0.15, -0.1) is 0 Å². The lowest BCUT2D eigenvalue weighted by Crippen LogP contribution is -2.43. The predicted molar refractivity (Wildman–Crippen MR) is 92.3 cm³/mol. The molecule has 22 heavy (non-hydrogen) atoms. The summed E-state index contributed by atoms with van der Waals surface area (Å²) in [6, 6.07) is 4.54. The number of Topliss-reactive ketones (excluding diaryl/α,β-unsaturated/α-hetero) is 1. The number of rotatable bonds is 7. The van der Waals surface area contributed by atoms with Gasteiger partial charge < -0.3 is 9.64 Å². The molecule has 0 N–H and O–H groups in total. The van der Waals surface area contributed by atoms with Crippen molar-refractivity contribution in [1.29, 1.82) is 0 Å². The molecule has 1 heterocycles. The summed E-state index contributed by atoms with van der Waals surface area (Å²) in [4.78, 5) is 14.8. The maximum absolute atomic E-state index is 12.4. The van der Waals surface area contributed by atoms with Crippen molar-refractivity contribution in [2.75, 3.05) is 18.1 Å². The molecule has 0 radical (unpaired) electrons. The van der Waals surface area contributed by atoms with Crippen molar-refractivity contribution in [3.8, 4) is 5.75 Å². The summed E-state index contributed by atoms with van der Waals surface area (Å²) < 4.78 is 6.10. The van der Waals surface area contributed by atoms with Gasteiger partial charge in [0.1, 0.15) is 12.4 Å². The van der Waals surface area contributed by atoms with Crippen LogP contribution in [0, 0.1) is 0 Å². The van der Waals surface area contributed by atoms with Crippen molar-refractivity contribution < 1.29 is 9.53 Å². The van der Waals surface area contributed by atoms with Crippen LogP contribution in [0.5, 0.6) is 5.75 Å². The number of fused-ring (bicyclic) bond motifs is 1. The Hall–Kier alpha value is -1.51. The van der Waals surface area contributed by atoms with Crippen molar-refractivity contribution in [3.05, 3.63) is 23.3 Å². The van der Waals surface area contributed by atoms with E-state index >= 15 is 0 Å². The molecule has 0 fully saturated rings. The maximum Gasteiger partial charge on any atom is 0.163 e. The van der Waals surface area contributed by atoms with Gasteiger partial charge in [0, 0.05) is 24.1 Å². The van der Waals surface area contributed by atoms with Gasteiger partial charge in [0.15, 0.2) is 5.78 Å². The maximum atomic E-state index is 12.4. The zero-order valence-corrected chi connectivity index (χ0v) is 14.4. The van der Waals surface area contributed by atoms with E-state index in [0.717, 1.165) is 55.7 Å². The van der Waals surface area contributed by atoms with Crippen LogP contribution < -0.4 is 9.64 Å². The second-order valence-corrected chi connectivity index (χ2v) is 6.03. The molecule has 3 heteroatoms. The third kappa shape index (κ3) is 3.13. The van der Waals surface area contributed by atoms with Gasteiger partial charge in [-0.3, -0.25) is 4.79 Å². The Morgan fingerprint density at radius 1 is 1.23 bits per heavy atom. The first-order chi connectivity index (χ1) is 10.7. The van der Waals surface area contributed by atoms with E-state index in [0.29, 0.717) is 12.5 Å². The Morgan fingerprint density at radius 2 is 2.00 bits per heavy atom. The third-order valence-electron chi connectivity index (χ3n) is 4.48. The predicted octanol–water partition coefficient (Wildman–Crippen LogP) is 4.62. The number of nitrogens with zero attached hydrogens (tertiary/aromatic N) is 1. The summed E-state index contributed by atoms with van der Waals surface area (Å²) in [5, 5.41) is 0. The second-order valence-electron chi connectivity index (χ2n) is 6.03. The smallest absolute Gasteiger partial charge is 0.163 e. The monoisotopic (exact) mass is 303 g/mol. The van der Waals surface area contributed by atoms with E-state index in [1.54, 1.807) is 0 Å². The van der Waals surface area contributed by atoms with Gasteiger partial charge in [0.05, 0.1) is 11.7 Å². The van der Waals surface area contributed by atoms with Gasteiger partial charge >= 0.3 is 0 Å². The van der Waals surface area contributed by atoms with Crippen LogP contribution in [0.3, 0.4) is 0 Å². The molecule has 0 saturated carbocycles. The molecule has 1 unspecified atom stereocenters. The van der Waals surface area contributed by atoms with E-state index in [2.05, 4.69) is 31.7 Å². The first-order valence-corrected chi connectivity index (χ1v) is 8.76. The van der Waals surface area contributed by atoms with Gasteiger partial charge in [-0.05, 0) is 37.8 Å². The summed E-state index contributed by atoms with van der Waals surface area (Å²) in [6.45, 7) is 10.3. The van der Waals surface area contributed by atoms with Crippen LogP contribution in [0.1, 0.15) is 69.3 Å². The Kier molecular flexibility index (Phi) is 5.87. The number of ketones is 1. The van der Waals surface area contributed by atoms with E-state index in [-0.39, 0.29) is 5.78 Å². The summed E-state index contributed by atoms with van der Waals surface area (Å²) in [7, 11) is 0. The minimum Gasteiger partial charge on any atom is -0.489 e. The Labute approximate surface area is 134 Å². The molecule has 0 aliphatic carbocycles. The molecule has 2 rings (SSSR count). The quantitative estimate of drug-likeness (QED) is 0.688. The molecule has 0 saturated heterocycles. The van der Waals surface area contributed by atoms with E-state index < -0.39 is 0 Å². The van der Waals surface area contributed by atoms with Crippen molar-refractivity contribution >= 4 is 11.5 Å². The van der Waals surface area contributed by atoms with Crippen LogP contribution in [0.4, 0.5) is 5.69 Å². The molecule has 3 nitrogen and oxygen atoms in total. The van der Waals surface area contributed by atoms with Crippen molar-refractivity contribution in [2.45, 2.75) is 65.8 Å². The topological polar surface area (TPSA) is 29.5 Å². The molecule has 1 aromatic rings. The minimum absolute atomic E-state index is 0.241. The van der Waals surface area contributed by atoms with Crippen molar-refractivity contribution in [3.63, 3.8) is 0 Å². The molecule has 0 bridgehead atoms. The molecular formula is C19H29NO2. The summed E-state index contributed by atoms with van der Waals surface area (Å²) in [5.41, 5.74) is 3.12. The highest BCUT2D eigenvalue weighted by atomic mass is 16.5. The van der Waals surface area contributed by atoms with Gasteiger partial charge in [-0.25, -0.2) is 0 Å². The number of hydrogen-bond acceptors (Lipinski definition) is 3. The lowest BCUT2D eigenvalue weighted by atomic mass is 9.95. The fraction of sp³-hybridized carbons (Fsp3) is 0.632. The summed E-state index contributed by atoms with van der Waals surface area (Å²) in [5.74, 6) is 1.19. The highest BCUT2D eigenvalue weighted by molar-refractivity contribution is 5.99. The first-order valence-electron chi connectivity index (χ1n) is 8.76. The zero-order chi connectivity index (χ0) is 16.1. The van der Waals surface area contributed by atoms with Crippen LogP contribution in [0.2, 0.25) is 0 Å². The molecule has 0 aromatic heterocycles. The Balaban J connectivity index is 2.46. The minimum atomic E-state index is 0.241. The summed E-state index contributed by atoms with van der Waals surface area (Å²) in [6.07, 6.45) is 4.54. The third-order valence-corrected chi connectivity index (χ3v) is 4.48. The van der Waals surface area contributed by atoms with E-state index in [1.807, 2.05) is 13.0 Å². The number of ether oxygens (including phenoxy) is 1. The van der Waals surface area contributed by atoms with Crippen LogP contribution in [-0.4, -0.2) is 25.0 Å². The van der Waals surface area contributed by atoms with E-state index in [4.69, 9.17) is 4.74 Å². The Bertz CT molecular complexity index is 524. The van der Waals surface area contributed by atoms with Crippen LogP contribution in [-0.2, 0) is 6.42 Å². The number of hydrogen-bond donors (Lipinski definition) is 0. The Morgan fingerprint density at radius 3 is 2.59 bits per heavy atom. The van der Waals surface area contributed by atoms with Gasteiger partial charge in [0.25, 0.3) is 0 Å². The normalized spacial score (nSPS) is 17.1. The molecule has 122 valence electrons. The van der Waals surface area contributed by atoms with Crippen molar-refractivity contribution in [1.82, 2.24) is 0 Å². The molecule has 1 aliphatic heterocycles. The summed E-state index contributed by atoms with van der Waals surface area (Å²) >= 11 is 0. The van der Waals surface area contributed by atoms with Crippen LogP contribution >= 0.6 is 0 Å². The molecule has 0 spiro atoms. The number of anilines is 1. The van der Waals surface area contributed by atoms with E-state index in [9.17, 15) is 4.79 Å². The molecule has 1 aliphatic rings. The largest absolute Gasteiger partial charge is 0.489 e. The van der Waals surface area contributed by atoms with Gasteiger partial charge in [-0.1, -0.05) is 27.7 Å². The average Bonchev–Trinajstić information content (AvgIpc) is 2.54.